The van der Waals surface area contributed by atoms with Crippen LogP contribution in [0.5, 0.6) is 0 Å². The first kappa shape index (κ1) is 15.4. The number of nitrogens with one attached hydrogen (secondary N) is 1. The van der Waals surface area contributed by atoms with Gasteiger partial charge in [-0.05, 0) is 19.9 Å². The molecule has 0 aromatic heterocycles. The SMILES string of the molecule is CCC(C)N(CC)CC(NC(C)C)C(N)=O. The van der Waals surface area contributed by atoms with Crippen LogP contribution in [0.15, 0.2) is 0 Å². The molecular formula is C12H27N3O. The summed E-state index contributed by atoms with van der Waals surface area (Å²) in [5.41, 5.74) is 5.40. The predicted molar refractivity (Wildman–Crippen MR) is 68.3 cm³/mol. The van der Waals surface area contributed by atoms with E-state index in [1.54, 1.807) is 0 Å². The number of rotatable bonds is 8. The number of nitrogens with two attached hydrogens (primary N) is 1. The van der Waals surface area contributed by atoms with Gasteiger partial charge >= 0.3 is 0 Å². The van der Waals surface area contributed by atoms with Gasteiger partial charge in [0.05, 0.1) is 6.04 Å². The lowest BCUT2D eigenvalue weighted by atomic mass is 10.1. The fraction of sp³-hybridized carbons (Fsp3) is 0.917. The van der Waals surface area contributed by atoms with Gasteiger partial charge in [0, 0.05) is 18.6 Å². The Labute approximate surface area is 99.6 Å². The quantitative estimate of drug-likeness (QED) is 0.652. The standard InChI is InChI=1S/C12H27N3O/c1-6-10(5)15(7-2)8-11(12(13)16)14-9(3)4/h9-11,14H,6-8H2,1-5H3,(H2,13,16). The molecule has 0 heterocycles. The van der Waals surface area contributed by atoms with Crippen LogP contribution in [-0.4, -0.2) is 42.0 Å². The molecule has 0 bridgehead atoms. The Kier molecular flexibility index (Phi) is 7.34. The van der Waals surface area contributed by atoms with Crippen molar-refractivity contribution in [1.29, 1.82) is 0 Å². The van der Waals surface area contributed by atoms with Gasteiger partial charge in [-0.15, -0.1) is 0 Å². The van der Waals surface area contributed by atoms with Gasteiger partial charge in [0.15, 0.2) is 0 Å². The van der Waals surface area contributed by atoms with Gasteiger partial charge < -0.3 is 11.1 Å². The van der Waals surface area contributed by atoms with Crippen molar-refractivity contribution in [2.45, 2.75) is 59.2 Å². The summed E-state index contributed by atoms with van der Waals surface area (Å²) in [5, 5.41) is 3.21. The Bertz CT molecular complexity index is 206. The molecule has 0 saturated carbocycles. The zero-order valence-electron chi connectivity index (χ0n) is 11.3. The molecule has 3 N–H and O–H groups in total. The van der Waals surface area contributed by atoms with E-state index in [-0.39, 0.29) is 18.0 Å². The van der Waals surface area contributed by atoms with Crippen molar-refractivity contribution in [1.82, 2.24) is 10.2 Å². The number of amides is 1. The van der Waals surface area contributed by atoms with Crippen molar-refractivity contribution in [2.75, 3.05) is 13.1 Å². The first-order valence-electron chi connectivity index (χ1n) is 6.21. The molecule has 0 radical (unpaired) electrons. The summed E-state index contributed by atoms with van der Waals surface area (Å²) in [7, 11) is 0. The molecule has 0 aromatic carbocycles. The number of hydrogen-bond donors (Lipinski definition) is 2. The van der Waals surface area contributed by atoms with E-state index >= 15 is 0 Å². The molecule has 0 aliphatic rings. The van der Waals surface area contributed by atoms with Crippen molar-refractivity contribution < 1.29 is 4.79 Å². The van der Waals surface area contributed by atoms with Gasteiger partial charge in [0.1, 0.15) is 0 Å². The minimum atomic E-state index is -0.268. The highest BCUT2D eigenvalue weighted by Gasteiger charge is 2.21. The van der Waals surface area contributed by atoms with Gasteiger partial charge in [0.2, 0.25) is 5.91 Å². The first-order valence-corrected chi connectivity index (χ1v) is 6.21. The van der Waals surface area contributed by atoms with E-state index in [2.05, 4.69) is 31.0 Å². The van der Waals surface area contributed by atoms with E-state index in [9.17, 15) is 4.79 Å². The third kappa shape index (κ3) is 5.47. The van der Waals surface area contributed by atoms with Crippen molar-refractivity contribution in [2.24, 2.45) is 5.73 Å². The van der Waals surface area contributed by atoms with Crippen molar-refractivity contribution in [3.05, 3.63) is 0 Å². The van der Waals surface area contributed by atoms with Crippen LogP contribution in [0.1, 0.15) is 41.0 Å². The van der Waals surface area contributed by atoms with Gasteiger partial charge in [-0.2, -0.15) is 0 Å². The maximum absolute atomic E-state index is 11.3. The number of nitrogens with zero attached hydrogens (tertiary/aromatic N) is 1. The van der Waals surface area contributed by atoms with Crippen LogP contribution in [0.4, 0.5) is 0 Å². The minimum absolute atomic E-state index is 0.256. The molecule has 1 amide bonds. The van der Waals surface area contributed by atoms with Crippen molar-refractivity contribution >= 4 is 5.91 Å². The second kappa shape index (κ2) is 7.63. The maximum atomic E-state index is 11.3. The summed E-state index contributed by atoms with van der Waals surface area (Å²) >= 11 is 0. The van der Waals surface area contributed by atoms with E-state index in [1.165, 1.54) is 0 Å². The number of carbonyl (C=O) groups excluding carboxylic acids is 1. The molecule has 4 nitrogen and oxygen atoms in total. The molecule has 0 fully saturated rings. The lowest BCUT2D eigenvalue weighted by Gasteiger charge is -2.31. The van der Waals surface area contributed by atoms with Gasteiger partial charge in [0.25, 0.3) is 0 Å². The highest BCUT2D eigenvalue weighted by atomic mass is 16.1. The van der Waals surface area contributed by atoms with E-state index in [4.69, 9.17) is 5.73 Å². The molecular weight excluding hydrogens is 202 g/mol. The monoisotopic (exact) mass is 229 g/mol. The molecule has 0 aliphatic heterocycles. The molecule has 0 spiro atoms. The second-order valence-corrected chi connectivity index (χ2v) is 4.62. The van der Waals surface area contributed by atoms with Crippen LogP contribution >= 0.6 is 0 Å². The van der Waals surface area contributed by atoms with E-state index in [0.717, 1.165) is 13.0 Å². The number of hydrogen-bond acceptors (Lipinski definition) is 3. The van der Waals surface area contributed by atoms with Crippen LogP contribution in [0, 0.1) is 0 Å². The molecule has 2 unspecified atom stereocenters. The van der Waals surface area contributed by atoms with Gasteiger partial charge in [-0.1, -0.05) is 27.7 Å². The maximum Gasteiger partial charge on any atom is 0.235 e. The van der Waals surface area contributed by atoms with Crippen LogP contribution < -0.4 is 11.1 Å². The summed E-state index contributed by atoms with van der Waals surface area (Å²) in [6, 6.07) is 0.503. The Morgan fingerprint density at radius 3 is 2.19 bits per heavy atom. The molecule has 2 atom stereocenters. The third-order valence-electron chi connectivity index (χ3n) is 2.92. The molecule has 0 saturated heterocycles. The van der Waals surface area contributed by atoms with E-state index < -0.39 is 0 Å². The number of carbonyl (C=O) groups is 1. The summed E-state index contributed by atoms with van der Waals surface area (Å²) in [5.74, 6) is -0.268. The molecule has 0 aliphatic carbocycles. The van der Waals surface area contributed by atoms with Crippen LogP contribution in [0.25, 0.3) is 0 Å². The van der Waals surface area contributed by atoms with Crippen LogP contribution in [0.2, 0.25) is 0 Å². The lowest BCUT2D eigenvalue weighted by Crippen LogP contribution is -2.52. The molecule has 0 aromatic rings. The van der Waals surface area contributed by atoms with Gasteiger partial charge in [-0.25, -0.2) is 0 Å². The Morgan fingerprint density at radius 2 is 1.88 bits per heavy atom. The number of likely N-dealkylation sites (N-methyl/N-ethyl adjacent to an activating group) is 1. The lowest BCUT2D eigenvalue weighted by molar-refractivity contribution is -0.120. The smallest absolute Gasteiger partial charge is 0.235 e. The minimum Gasteiger partial charge on any atom is -0.368 e. The van der Waals surface area contributed by atoms with E-state index in [1.807, 2.05) is 13.8 Å². The third-order valence-corrected chi connectivity index (χ3v) is 2.92. The number of primary amides is 1. The Hall–Kier alpha value is -0.610. The molecule has 0 rings (SSSR count). The summed E-state index contributed by atoms with van der Waals surface area (Å²) in [4.78, 5) is 13.6. The van der Waals surface area contributed by atoms with Crippen molar-refractivity contribution in [3.63, 3.8) is 0 Å². The van der Waals surface area contributed by atoms with E-state index in [0.29, 0.717) is 12.6 Å². The highest BCUT2D eigenvalue weighted by molar-refractivity contribution is 5.80. The largest absolute Gasteiger partial charge is 0.368 e. The Balaban J connectivity index is 4.40. The summed E-state index contributed by atoms with van der Waals surface area (Å²) < 4.78 is 0. The summed E-state index contributed by atoms with van der Waals surface area (Å²) in [6.07, 6.45) is 1.08. The van der Waals surface area contributed by atoms with Crippen molar-refractivity contribution in [3.8, 4) is 0 Å². The highest BCUT2D eigenvalue weighted by Crippen LogP contribution is 2.04. The molecule has 4 heteroatoms. The summed E-state index contributed by atoms with van der Waals surface area (Å²) in [6.45, 7) is 12.1. The molecule has 16 heavy (non-hydrogen) atoms. The zero-order chi connectivity index (χ0) is 12.7. The Morgan fingerprint density at radius 1 is 1.31 bits per heavy atom. The predicted octanol–water partition coefficient (Wildman–Crippen LogP) is 0.959. The topological polar surface area (TPSA) is 58.4 Å². The molecule has 96 valence electrons. The van der Waals surface area contributed by atoms with Crippen LogP contribution in [0.3, 0.4) is 0 Å². The fourth-order valence-electron chi connectivity index (χ4n) is 1.74. The van der Waals surface area contributed by atoms with Crippen LogP contribution in [-0.2, 0) is 4.79 Å². The zero-order valence-corrected chi connectivity index (χ0v) is 11.3. The first-order chi connectivity index (χ1) is 7.42. The average Bonchev–Trinajstić information content (AvgIpc) is 2.22. The fourth-order valence-corrected chi connectivity index (χ4v) is 1.74. The second-order valence-electron chi connectivity index (χ2n) is 4.62. The normalized spacial score (nSPS) is 15.4. The van der Waals surface area contributed by atoms with Gasteiger partial charge in [-0.3, -0.25) is 9.69 Å². The average molecular weight is 229 g/mol.